The molecule has 2 aliphatic heterocycles. The van der Waals surface area contributed by atoms with E-state index >= 15 is 0 Å². The normalized spacial score (nSPS) is 22.3. The molecule has 0 radical (unpaired) electrons. The van der Waals surface area contributed by atoms with E-state index in [2.05, 4.69) is 6.58 Å². The molecule has 0 spiro atoms. The number of nitrogens with zero attached hydrogens (tertiary/aromatic N) is 2. The monoisotopic (exact) mass is 475 g/mol. The second kappa shape index (κ2) is 7.48. The summed E-state index contributed by atoms with van der Waals surface area (Å²) in [6.45, 7) is 12.4. The summed E-state index contributed by atoms with van der Waals surface area (Å²) in [7, 11) is 0. The summed E-state index contributed by atoms with van der Waals surface area (Å²) in [6.07, 6.45) is 1.93. The van der Waals surface area contributed by atoms with E-state index in [4.69, 9.17) is 20.2 Å². The van der Waals surface area contributed by atoms with Gasteiger partial charge in [0.15, 0.2) is 0 Å². The zero-order valence-electron chi connectivity index (χ0n) is 20.6. The molecule has 6 nitrogen and oxygen atoms in total. The molecule has 2 N–H and O–H groups in total. The van der Waals surface area contributed by atoms with Crippen molar-refractivity contribution in [2.75, 3.05) is 0 Å². The van der Waals surface area contributed by atoms with E-state index in [1.807, 2.05) is 33.8 Å². The molecular formula is C28H30FN3O3. The van der Waals surface area contributed by atoms with Gasteiger partial charge in [-0.3, -0.25) is 4.79 Å². The molecule has 4 heterocycles. The number of pyridine rings is 2. The summed E-state index contributed by atoms with van der Waals surface area (Å²) >= 11 is 0. The fraction of sp³-hybridized carbons (Fsp3) is 0.429. The summed E-state index contributed by atoms with van der Waals surface area (Å²) < 4.78 is 28.9. The lowest BCUT2D eigenvalue weighted by atomic mass is 9.82. The van der Waals surface area contributed by atoms with Crippen LogP contribution in [0.25, 0.3) is 22.3 Å². The van der Waals surface area contributed by atoms with Gasteiger partial charge in [0, 0.05) is 28.6 Å². The van der Waals surface area contributed by atoms with E-state index in [1.54, 1.807) is 4.57 Å². The first-order valence-electron chi connectivity index (χ1n) is 12.4. The van der Waals surface area contributed by atoms with Crippen LogP contribution in [0.15, 0.2) is 29.3 Å². The molecule has 0 saturated carbocycles. The van der Waals surface area contributed by atoms with E-state index in [1.165, 1.54) is 6.07 Å². The highest BCUT2D eigenvalue weighted by atomic mass is 19.1. The summed E-state index contributed by atoms with van der Waals surface area (Å²) in [4.78, 5) is 18.7. The lowest BCUT2D eigenvalue weighted by Gasteiger charge is -2.41. The van der Waals surface area contributed by atoms with Gasteiger partial charge in [0.05, 0.1) is 35.1 Å². The van der Waals surface area contributed by atoms with Crippen molar-refractivity contribution in [1.29, 1.82) is 0 Å². The van der Waals surface area contributed by atoms with Gasteiger partial charge in [0.25, 0.3) is 5.56 Å². The average Bonchev–Trinajstić information content (AvgIpc) is 3.18. The van der Waals surface area contributed by atoms with Crippen molar-refractivity contribution in [3.8, 4) is 11.4 Å². The summed E-state index contributed by atoms with van der Waals surface area (Å²) in [5, 5.41) is 0.953. The Kier molecular flexibility index (Phi) is 4.80. The summed E-state index contributed by atoms with van der Waals surface area (Å²) in [6, 6.07) is 3.32. The minimum absolute atomic E-state index is 0.0984. The fourth-order valence-electron chi connectivity index (χ4n) is 6.31. The van der Waals surface area contributed by atoms with Crippen LogP contribution in [-0.2, 0) is 34.6 Å². The maximum Gasteiger partial charge on any atom is 0.258 e. The Morgan fingerprint density at radius 2 is 2.11 bits per heavy atom. The maximum absolute atomic E-state index is 14.8. The molecule has 182 valence electrons. The van der Waals surface area contributed by atoms with Crippen LogP contribution in [0, 0.1) is 12.7 Å². The van der Waals surface area contributed by atoms with Crippen molar-refractivity contribution >= 4 is 10.9 Å². The molecule has 0 saturated heterocycles. The Morgan fingerprint density at radius 3 is 2.83 bits per heavy atom. The molecule has 0 amide bonds. The van der Waals surface area contributed by atoms with Crippen LogP contribution < -0.4 is 11.3 Å². The smallest absolute Gasteiger partial charge is 0.258 e. The molecule has 1 aliphatic carbocycles. The van der Waals surface area contributed by atoms with Crippen molar-refractivity contribution < 1.29 is 13.9 Å². The zero-order valence-corrected chi connectivity index (χ0v) is 20.6. The number of benzene rings is 1. The molecule has 2 aromatic heterocycles. The van der Waals surface area contributed by atoms with Gasteiger partial charge in [0.1, 0.15) is 23.8 Å². The molecule has 2 atom stereocenters. The Bertz CT molecular complexity index is 1510. The number of rotatable bonds is 3. The highest BCUT2D eigenvalue weighted by Gasteiger charge is 2.45. The Hall–Kier alpha value is -3.03. The number of hydrogen-bond acceptors (Lipinski definition) is 5. The first kappa shape index (κ1) is 22.4. The quantitative estimate of drug-likeness (QED) is 0.456. The first-order valence-corrected chi connectivity index (χ1v) is 12.4. The standard InChI is InChI=1S/C28H30FN3O3/c1-6-28(35-13(2)3)15(5)34-12-18-19(28)9-23-26-17(11-32(23)27(18)33)24-21(30)8-7-16-14(4)20(29)10-22(31-26)25(16)24/h9-10,13,21H,5-8,11-12,30H2,1-4H3/t21-,28+/m0/s1. The second-order valence-electron chi connectivity index (χ2n) is 10.2. The van der Waals surface area contributed by atoms with Crippen molar-refractivity contribution in [2.45, 2.75) is 77.9 Å². The van der Waals surface area contributed by atoms with E-state index < -0.39 is 5.60 Å². The van der Waals surface area contributed by atoms with Crippen molar-refractivity contribution in [1.82, 2.24) is 9.55 Å². The fourth-order valence-corrected chi connectivity index (χ4v) is 6.31. The van der Waals surface area contributed by atoms with Crippen molar-refractivity contribution in [3.05, 3.63) is 74.0 Å². The van der Waals surface area contributed by atoms with Gasteiger partial charge in [-0.15, -0.1) is 0 Å². The third-order valence-electron chi connectivity index (χ3n) is 7.99. The minimum Gasteiger partial charge on any atom is -0.490 e. The summed E-state index contributed by atoms with van der Waals surface area (Å²) in [5.41, 5.74) is 12.6. The van der Waals surface area contributed by atoms with E-state index in [9.17, 15) is 9.18 Å². The zero-order chi connectivity index (χ0) is 24.8. The van der Waals surface area contributed by atoms with Gasteiger partial charge < -0.3 is 19.8 Å². The lowest BCUT2D eigenvalue weighted by Crippen LogP contribution is -2.42. The van der Waals surface area contributed by atoms with E-state index in [0.29, 0.717) is 46.8 Å². The van der Waals surface area contributed by atoms with Crippen LogP contribution in [0.5, 0.6) is 0 Å². The molecule has 0 unspecified atom stereocenters. The Labute approximate surface area is 203 Å². The number of halogens is 1. The molecular weight excluding hydrogens is 445 g/mol. The van der Waals surface area contributed by atoms with Crippen LogP contribution in [0.3, 0.4) is 0 Å². The van der Waals surface area contributed by atoms with E-state index in [-0.39, 0.29) is 30.1 Å². The van der Waals surface area contributed by atoms with Crippen molar-refractivity contribution in [2.24, 2.45) is 5.73 Å². The van der Waals surface area contributed by atoms with Gasteiger partial charge in [-0.25, -0.2) is 9.37 Å². The summed E-state index contributed by atoms with van der Waals surface area (Å²) in [5.74, 6) is 0.250. The maximum atomic E-state index is 14.8. The third kappa shape index (κ3) is 2.88. The average molecular weight is 476 g/mol. The van der Waals surface area contributed by atoms with Crippen LogP contribution in [0.4, 0.5) is 4.39 Å². The Balaban J connectivity index is 1.67. The van der Waals surface area contributed by atoms with Gasteiger partial charge >= 0.3 is 0 Å². The highest BCUT2D eigenvalue weighted by molar-refractivity contribution is 5.92. The first-order chi connectivity index (χ1) is 16.7. The highest BCUT2D eigenvalue weighted by Crippen LogP contribution is 2.47. The number of nitrogens with two attached hydrogens (primary N) is 1. The van der Waals surface area contributed by atoms with Crippen LogP contribution in [0.2, 0.25) is 0 Å². The number of aromatic nitrogens is 2. The molecule has 3 aromatic rings. The van der Waals surface area contributed by atoms with Crippen molar-refractivity contribution in [3.63, 3.8) is 0 Å². The Morgan fingerprint density at radius 1 is 1.34 bits per heavy atom. The molecule has 0 bridgehead atoms. The SMILES string of the molecule is C=C1OCc2c(cc3n(c2=O)Cc2c-3nc3cc(F)c(C)c4c3c2[C@@H](N)CC4)[C@]1(CC)OC(C)C. The number of hydrogen-bond donors (Lipinski definition) is 1. The van der Waals surface area contributed by atoms with Gasteiger partial charge in [-0.2, -0.15) is 0 Å². The number of ether oxygens (including phenoxy) is 2. The molecule has 0 fully saturated rings. The molecule has 1 aromatic carbocycles. The van der Waals surface area contributed by atoms with Gasteiger partial charge in [0.2, 0.25) is 0 Å². The lowest BCUT2D eigenvalue weighted by molar-refractivity contribution is -0.105. The second-order valence-corrected chi connectivity index (χ2v) is 10.2. The molecule has 7 heteroatoms. The van der Waals surface area contributed by atoms with Crippen LogP contribution in [-0.4, -0.2) is 15.7 Å². The molecule has 6 rings (SSSR count). The van der Waals surface area contributed by atoms with Crippen LogP contribution in [0.1, 0.15) is 73.0 Å². The topological polar surface area (TPSA) is 79.4 Å². The molecule has 35 heavy (non-hydrogen) atoms. The van der Waals surface area contributed by atoms with Gasteiger partial charge in [-0.05, 0) is 62.8 Å². The van der Waals surface area contributed by atoms with Crippen LogP contribution >= 0.6 is 0 Å². The number of fused-ring (bicyclic) bond motifs is 5. The number of aryl methyl sites for hydroxylation is 1. The van der Waals surface area contributed by atoms with Gasteiger partial charge in [-0.1, -0.05) is 13.5 Å². The predicted molar refractivity (Wildman–Crippen MR) is 133 cm³/mol. The predicted octanol–water partition coefficient (Wildman–Crippen LogP) is 4.89. The van der Waals surface area contributed by atoms with E-state index in [0.717, 1.165) is 40.5 Å². The molecule has 3 aliphatic rings. The largest absolute Gasteiger partial charge is 0.490 e. The third-order valence-corrected chi connectivity index (χ3v) is 7.99. The minimum atomic E-state index is -0.919.